The number of carbonyl (C=O) groups excluding carboxylic acids is 3. The van der Waals surface area contributed by atoms with Crippen molar-refractivity contribution in [2.45, 2.75) is 25.2 Å². The SMILES string of the molecule is COC(=O)C1=C(C(=O)OC)N(c2ccc(NC(=O)CN3CCCCC3)cc2)C(N)=C(C#N)C1c1ccccc1. The summed E-state index contributed by atoms with van der Waals surface area (Å²) in [6.07, 6.45) is 3.37. The van der Waals surface area contributed by atoms with Gasteiger partial charge >= 0.3 is 11.9 Å². The Bertz CT molecular complexity index is 1340. The van der Waals surface area contributed by atoms with E-state index in [0.717, 1.165) is 25.9 Å². The molecule has 2 aliphatic heterocycles. The van der Waals surface area contributed by atoms with Crippen LogP contribution < -0.4 is 16.0 Å². The molecule has 4 rings (SSSR count). The summed E-state index contributed by atoms with van der Waals surface area (Å²) < 4.78 is 10.1. The first-order chi connectivity index (χ1) is 18.9. The molecular weight excluding hydrogens is 498 g/mol. The summed E-state index contributed by atoms with van der Waals surface area (Å²) in [6, 6.07) is 17.5. The number of anilines is 2. The van der Waals surface area contributed by atoms with Crippen LogP contribution in [0.15, 0.2) is 77.3 Å². The van der Waals surface area contributed by atoms with Crippen molar-refractivity contribution in [3.63, 3.8) is 0 Å². The van der Waals surface area contributed by atoms with E-state index in [0.29, 0.717) is 23.5 Å². The summed E-state index contributed by atoms with van der Waals surface area (Å²) >= 11 is 0. The fourth-order valence-electron chi connectivity index (χ4n) is 5.00. The number of carbonyl (C=O) groups is 3. The van der Waals surface area contributed by atoms with Crippen molar-refractivity contribution in [2.24, 2.45) is 5.73 Å². The zero-order valence-electron chi connectivity index (χ0n) is 22.0. The molecule has 0 bridgehead atoms. The minimum atomic E-state index is -0.942. The number of methoxy groups -OCH3 is 2. The van der Waals surface area contributed by atoms with Crippen LogP contribution in [0.25, 0.3) is 0 Å². The van der Waals surface area contributed by atoms with Gasteiger partial charge in [0.1, 0.15) is 11.5 Å². The Kier molecular flexibility index (Phi) is 8.63. The molecule has 0 aromatic heterocycles. The molecule has 10 heteroatoms. The van der Waals surface area contributed by atoms with Crippen LogP contribution in [0, 0.1) is 11.3 Å². The molecule has 39 heavy (non-hydrogen) atoms. The highest BCUT2D eigenvalue weighted by molar-refractivity contribution is 6.06. The van der Waals surface area contributed by atoms with Crippen molar-refractivity contribution in [1.29, 1.82) is 5.26 Å². The lowest BCUT2D eigenvalue weighted by molar-refractivity contribution is -0.139. The van der Waals surface area contributed by atoms with Gasteiger partial charge in [0, 0.05) is 11.4 Å². The molecule has 2 aromatic rings. The second-order valence-electron chi connectivity index (χ2n) is 9.27. The fourth-order valence-corrected chi connectivity index (χ4v) is 5.00. The van der Waals surface area contributed by atoms with E-state index in [4.69, 9.17) is 15.2 Å². The van der Waals surface area contributed by atoms with Gasteiger partial charge in [0.15, 0.2) is 0 Å². The highest BCUT2D eigenvalue weighted by Crippen LogP contribution is 2.43. The fraction of sp³-hybridized carbons (Fsp3) is 0.310. The lowest BCUT2D eigenvalue weighted by atomic mass is 9.81. The van der Waals surface area contributed by atoms with Gasteiger partial charge in [0.05, 0.1) is 43.9 Å². The molecule has 202 valence electrons. The maximum absolute atomic E-state index is 13.1. The average molecular weight is 530 g/mol. The molecule has 0 spiro atoms. The number of ether oxygens (including phenoxy) is 2. The average Bonchev–Trinajstić information content (AvgIpc) is 2.97. The number of esters is 2. The number of hydrogen-bond donors (Lipinski definition) is 2. The van der Waals surface area contributed by atoms with E-state index in [2.05, 4.69) is 16.3 Å². The predicted octanol–water partition coefficient (Wildman–Crippen LogP) is 3.01. The van der Waals surface area contributed by atoms with Crippen molar-refractivity contribution in [1.82, 2.24) is 4.90 Å². The third-order valence-corrected chi connectivity index (χ3v) is 6.84. The first-order valence-electron chi connectivity index (χ1n) is 12.7. The van der Waals surface area contributed by atoms with Gasteiger partial charge in [-0.3, -0.25) is 14.6 Å². The van der Waals surface area contributed by atoms with Crippen molar-refractivity contribution in [3.8, 4) is 6.07 Å². The number of benzene rings is 2. The topological polar surface area (TPSA) is 138 Å². The number of nitrogens with one attached hydrogen (secondary N) is 1. The number of nitrogens with two attached hydrogens (primary N) is 1. The normalized spacial score (nSPS) is 17.9. The molecule has 1 unspecified atom stereocenters. The monoisotopic (exact) mass is 529 g/mol. The van der Waals surface area contributed by atoms with Gasteiger partial charge in [0.25, 0.3) is 0 Å². The number of piperidine rings is 1. The van der Waals surface area contributed by atoms with Crippen LogP contribution in [0.2, 0.25) is 0 Å². The molecular formula is C29H31N5O5. The van der Waals surface area contributed by atoms with Gasteiger partial charge in [-0.25, -0.2) is 9.59 Å². The summed E-state index contributed by atoms with van der Waals surface area (Å²) in [5, 5.41) is 13.0. The molecule has 0 saturated carbocycles. The Morgan fingerprint density at radius 3 is 2.21 bits per heavy atom. The van der Waals surface area contributed by atoms with Crippen LogP contribution in [0.3, 0.4) is 0 Å². The minimum Gasteiger partial charge on any atom is -0.466 e. The Hall–Kier alpha value is -4.62. The number of allylic oxidation sites excluding steroid dienone is 1. The van der Waals surface area contributed by atoms with Crippen LogP contribution in [0.5, 0.6) is 0 Å². The van der Waals surface area contributed by atoms with Gasteiger partial charge in [-0.2, -0.15) is 5.26 Å². The number of nitriles is 1. The van der Waals surface area contributed by atoms with Crippen molar-refractivity contribution in [2.75, 3.05) is 44.1 Å². The van der Waals surface area contributed by atoms with E-state index in [9.17, 15) is 19.6 Å². The van der Waals surface area contributed by atoms with E-state index in [1.54, 1.807) is 54.6 Å². The van der Waals surface area contributed by atoms with Crippen LogP contribution >= 0.6 is 0 Å². The first-order valence-corrected chi connectivity index (χ1v) is 12.7. The predicted molar refractivity (Wildman–Crippen MR) is 145 cm³/mol. The maximum Gasteiger partial charge on any atom is 0.355 e. The van der Waals surface area contributed by atoms with E-state index in [1.165, 1.54) is 25.5 Å². The molecule has 10 nitrogen and oxygen atoms in total. The quantitative estimate of drug-likeness (QED) is 0.518. The van der Waals surface area contributed by atoms with E-state index < -0.39 is 17.9 Å². The molecule has 0 radical (unpaired) electrons. The van der Waals surface area contributed by atoms with Crippen LogP contribution in [-0.2, 0) is 23.9 Å². The van der Waals surface area contributed by atoms with E-state index >= 15 is 0 Å². The van der Waals surface area contributed by atoms with Crippen molar-refractivity contribution < 1.29 is 23.9 Å². The summed E-state index contributed by atoms with van der Waals surface area (Å²) in [7, 11) is 2.40. The molecule has 1 amide bonds. The molecule has 3 N–H and O–H groups in total. The first kappa shape index (κ1) is 27.4. The van der Waals surface area contributed by atoms with Gasteiger partial charge < -0.3 is 20.5 Å². The van der Waals surface area contributed by atoms with Crippen LogP contribution in [0.1, 0.15) is 30.7 Å². The largest absolute Gasteiger partial charge is 0.466 e. The molecule has 0 aliphatic carbocycles. The molecule has 2 heterocycles. The number of hydrogen-bond acceptors (Lipinski definition) is 9. The lowest BCUT2D eigenvalue weighted by Crippen LogP contribution is -2.40. The Morgan fingerprint density at radius 2 is 1.62 bits per heavy atom. The molecule has 1 fully saturated rings. The standard InChI is InChI=1S/C29H31N5O5/c1-38-28(36)25-24(19-9-5-3-6-10-19)22(17-30)27(31)34(26(25)29(37)39-2)21-13-11-20(12-14-21)32-23(35)18-33-15-7-4-8-16-33/h3,5-6,9-14,24H,4,7-8,15-16,18,31H2,1-2H3,(H,32,35). The smallest absolute Gasteiger partial charge is 0.355 e. The lowest BCUT2D eigenvalue weighted by Gasteiger charge is -2.35. The van der Waals surface area contributed by atoms with Gasteiger partial charge in [-0.05, 0) is 55.8 Å². The maximum atomic E-state index is 13.1. The molecule has 1 saturated heterocycles. The Balaban J connectivity index is 1.73. The van der Waals surface area contributed by atoms with Crippen LogP contribution in [-0.4, -0.2) is 56.6 Å². The van der Waals surface area contributed by atoms with Gasteiger partial charge in [-0.1, -0.05) is 36.8 Å². The molecule has 2 aliphatic rings. The second-order valence-corrected chi connectivity index (χ2v) is 9.27. The van der Waals surface area contributed by atoms with E-state index in [1.807, 2.05) is 0 Å². The van der Waals surface area contributed by atoms with Crippen LogP contribution in [0.4, 0.5) is 11.4 Å². The van der Waals surface area contributed by atoms with Crippen molar-refractivity contribution >= 4 is 29.2 Å². The highest BCUT2D eigenvalue weighted by atomic mass is 16.5. The molecule has 1 atom stereocenters. The van der Waals surface area contributed by atoms with Gasteiger partial charge in [-0.15, -0.1) is 0 Å². The summed E-state index contributed by atoms with van der Waals surface area (Å²) in [5.41, 5.74) is 7.90. The third-order valence-electron chi connectivity index (χ3n) is 6.84. The summed E-state index contributed by atoms with van der Waals surface area (Å²) in [4.78, 5) is 42.3. The second kappa shape index (κ2) is 12.3. The minimum absolute atomic E-state index is 0.0266. The van der Waals surface area contributed by atoms with E-state index in [-0.39, 0.29) is 28.6 Å². The Morgan fingerprint density at radius 1 is 0.974 bits per heavy atom. The number of amides is 1. The zero-order chi connectivity index (χ0) is 27.9. The summed E-state index contributed by atoms with van der Waals surface area (Å²) in [6.45, 7) is 2.13. The summed E-state index contributed by atoms with van der Waals surface area (Å²) in [5.74, 6) is -2.71. The number of likely N-dealkylation sites (tertiary alicyclic amines) is 1. The number of nitrogens with zero attached hydrogens (tertiary/aromatic N) is 3. The third kappa shape index (κ3) is 5.78. The van der Waals surface area contributed by atoms with Crippen molar-refractivity contribution in [3.05, 3.63) is 82.8 Å². The zero-order valence-corrected chi connectivity index (χ0v) is 22.0. The van der Waals surface area contributed by atoms with Gasteiger partial charge in [0.2, 0.25) is 5.91 Å². The molecule has 2 aromatic carbocycles. The Labute approximate surface area is 227 Å². The highest BCUT2D eigenvalue weighted by Gasteiger charge is 2.42. The number of rotatable bonds is 7.